The van der Waals surface area contributed by atoms with Crippen molar-refractivity contribution >= 4 is 46.4 Å². The van der Waals surface area contributed by atoms with E-state index in [0.717, 1.165) is 5.56 Å². The summed E-state index contributed by atoms with van der Waals surface area (Å²) >= 11 is 6.14. The van der Waals surface area contributed by atoms with Crippen molar-refractivity contribution in [2.24, 2.45) is 5.73 Å². The SMILES string of the molecule is COc1cccc(CNc2ccc(Cl)cc2C(=O)Nc2ccc(C(=N)N)cc2)c1NCC(=O)O. The Morgan fingerprint density at radius 1 is 1.09 bits per heavy atom. The van der Waals surface area contributed by atoms with Crippen LogP contribution in [0.5, 0.6) is 5.75 Å². The summed E-state index contributed by atoms with van der Waals surface area (Å²) in [5.41, 5.74) is 8.71. The lowest BCUT2D eigenvalue weighted by molar-refractivity contribution is -0.134. The first kappa shape index (κ1) is 24.4. The molecule has 0 aromatic heterocycles. The Morgan fingerprint density at radius 3 is 2.47 bits per heavy atom. The number of nitrogens with one attached hydrogen (secondary N) is 4. The number of halogens is 1. The van der Waals surface area contributed by atoms with Crippen LogP contribution in [0.25, 0.3) is 0 Å². The van der Waals surface area contributed by atoms with Gasteiger partial charge in [-0.2, -0.15) is 0 Å². The second kappa shape index (κ2) is 11.1. The number of aliphatic carboxylic acids is 1. The fourth-order valence-corrected chi connectivity index (χ4v) is 3.41. The van der Waals surface area contributed by atoms with E-state index in [1.54, 1.807) is 54.6 Å². The van der Waals surface area contributed by atoms with Gasteiger partial charge in [0, 0.05) is 28.5 Å². The van der Waals surface area contributed by atoms with E-state index in [1.807, 2.05) is 6.07 Å². The molecule has 0 radical (unpaired) electrons. The average Bonchev–Trinajstić information content (AvgIpc) is 2.82. The van der Waals surface area contributed by atoms with Gasteiger partial charge < -0.3 is 31.5 Å². The van der Waals surface area contributed by atoms with Crippen molar-refractivity contribution in [2.45, 2.75) is 6.54 Å². The molecule has 0 aliphatic rings. The highest BCUT2D eigenvalue weighted by molar-refractivity contribution is 6.31. The third-order valence-corrected chi connectivity index (χ3v) is 5.13. The molecule has 3 aromatic carbocycles. The maximum atomic E-state index is 13.0. The monoisotopic (exact) mass is 481 g/mol. The molecule has 0 aliphatic heterocycles. The number of nitrogen functional groups attached to an aromatic ring is 1. The van der Waals surface area contributed by atoms with Crippen LogP contribution >= 0.6 is 11.6 Å². The number of amidine groups is 1. The van der Waals surface area contributed by atoms with E-state index in [2.05, 4.69) is 16.0 Å². The van der Waals surface area contributed by atoms with Gasteiger partial charge in [-0.15, -0.1) is 0 Å². The van der Waals surface area contributed by atoms with Crippen LogP contribution < -0.4 is 26.4 Å². The normalized spacial score (nSPS) is 10.3. The number of rotatable bonds is 10. The maximum Gasteiger partial charge on any atom is 0.322 e. The minimum absolute atomic E-state index is 0.0611. The van der Waals surface area contributed by atoms with Gasteiger partial charge in [0.25, 0.3) is 5.91 Å². The molecule has 3 aromatic rings. The molecule has 3 rings (SSSR count). The highest BCUT2D eigenvalue weighted by Crippen LogP contribution is 2.30. The molecule has 1 amide bonds. The van der Waals surface area contributed by atoms with Gasteiger partial charge in [0.2, 0.25) is 0 Å². The summed E-state index contributed by atoms with van der Waals surface area (Å²) in [5.74, 6) is -0.939. The Balaban J connectivity index is 1.81. The smallest absolute Gasteiger partial charge is 0.322 e. The van der Waals surface area contributed by atoms with Gasteiger partial charge >= 0.3 is 5.97 Å². The van der Waals surface area contributed by atoms with Crippen molar-refractivity contribution in [3.8, 4) is 5.75 Å². The fraction of sp³-hybridized carbons (Fsp3) is 0.125. The van der Waals surface area contributed by atoms with E-state index in [1.165, 1.54) is 7.11 Å². The van der Waals surface area contributed by atoms with Crippen molar-refractivity contribution in [1.82, 2.24) is 0 Å². The number of hydrogen-bond donors (Lipinski definition) is 6. The summed E-state index contributed by atoms with van der Waals surface area (Å²) in [4.78, 5) is 24.0. The van der Waals surface area contributed by atoms with Crippen LogP contribution in [0.1, 0.15) is 21.5 Å². The summed E-state index contributed by atoms with van der Waals surface area (Å²) in [7, 11) is 1.50. The number of carboxylic acids is 1. The minimum Gasteiger partial charge on any atom is -0.495 e. The van der Waals surface area contributed by atoms with Gasteiger partial charge in [-0.25, -0.2) is 0 Å². The maximum absolute atomic E-state index is 13.0. The molecule has 0 atom stereocenters. The lowest BCUT2D eigenvalue weighted by Gasteiger charge is -2.17. The first-order valence-corrected chi connectivity index (χ1v) is 10.6. The average molecular weight is 482 g/mol. The number of nitrogens with two attached hydrogens (primary N) is 1. The predicted molar refractivity (Wildman–Crippen MR) is 133 cm³/mol. The van der Waals surface area contributed by atoms with Gasteiger partial charge in [-0.05, 0) is 54.1 Å². The quantitative estimate of drug-likeness (QED) is 0.189. The lowest BCUT2D eigenvalue weighted by atomic mass is 10.1. The van der Waals surface area contributed by atoms with Crippen LogP contribution in [-0.2, 0) is 11.3 Å². The third kappa shape index (κ3) is 6.17. The van der Waals surface area contributed by atoms with E-state index in [-0.39, 0.29) is 24.8 Å². The van der Waals surface area contributed by atoms with Gasteiger partial charge in [-0.3, -0.25) is 15.0 Å². The molecule has 0 bridgehead atoms. The molecule has 34 heavy (non-hydrogen) atoms. The molecular weight excluding hydrogens is 458 g/mol. The molecule has 7 N–H and O–H groups in total. The van der Waals surface area contributed by atoms with E-state index < -0.39 is 5.97 Å². The molecule has 0 saturated heterocycles. The number of amides is 1. The number of benzene rings is 3. The molecule has 0 aliphatic carbocycles. The van der Waals surface area contributed by atoms with E-state index >= 15 is 0 Å². The van der Waals surface area contributed by atoms with Crippen LogP contribution in [0, 0.1) is 5.41 Å². The first-order chi connectivity index (χ1) is 16.3. The van der Waals surface area contributed by atoms with Crippen molar-refractivity contribution in [2.75, 3.05) is 29.6 Å². The van der Waals surface area contributed by atoms with Crippen LogP contribution in [0.3, 0.4) is 0 Å². The summed E-state index contributed by atoms with van der Waals surface area (Å²) in [6.07, 6.45) is 0. The van der Waals surface area contributed by atoms with Crippen molar-refractivity contribution in [3.05, 3.63) is 82.4 Å². The zero-order valence-corrected chi connectivity index (χ0v) is 19.1. The van der Waals surface area contributed by atoms with Gasteiger partial charge in [-0.1, -0.05) is 23.7 Å². The third-order valence-electron chi connectivity index (χ3n) is 4.90. The summed E-state index contributed by atoms with van der Waals surface area (Å²) in [6.45, 7) is 0.0127. The van der Waals surface area contributed by atoms with Crippen LogP contribution in [0.15, 0.2) is 60.7 Å². The molecule has 0 saturated carbocycles. The number of anilines is 3. The first-order valence-electron chi connectivity index (χ1n) is 10.2. The number of methoxy groups -OCH3 is 1. The Hall–Kier alpha value is -4.24. The van der Waals surface area contributed by atoms with Crippen LogP contribution in [0.2, 0.25) is 5.02 Å². The van der Waals surface area contributed by atoms with Crippen LogP contribution in [-0.4, -0.2) is 36.5 Å². The molecule has 10 heteroatoms. The van der Waals surface area contributed by atoms with Crippen LogP contribution in [0.4, 0.5) is 17.1 Å². The molecule has 0 spiro atoms. The molecule has 9 nitrogen and oxygen atoms in total. The summed E-state index contributed by atoms with van der Waals surface area (Å²) in [5, 5.41) is 25.8. The van der Waals surface area contributed by atoms with E-state index in [0.29, 0.717) is 39.0 Å². The zero-order valence-electron chi connectivity index (χ0n) is 18.3. The number of ether oxygens (including phenoxy) is 1. The summed E-state index contributed by atoms with van der Waals surface area (Å²) in [6, 6.07) is 16.9. The standard InChI is InChI=1S/C24H24ClN5O4/c1-34-20-4-2-3-15(22(20)29-13-21(31)32)12-28-19-10-7-16(25)11-18(19)24(33)30-17-8-5-14(6-9-17)23(26)27/h2-11,28-29H,12-13H2,1H3,(H3,26,27)(H,30,33)(H,31,32). The highest BCUT2D eigenvalue weighted by atomic mass is 35.5. The van der Waals surface area contributed by atoms with E-state index in [4.69, 9.17) is 32.6 Å². The predicted octanol–water partition coefficient (Wildman–Crippen LogP) is 3.99. The number of carbonyl (C=O) groups excluding carboxylic acids is 1. The molecule has 0 unspecified atom stereocenters. The largest absolute Gasteiger partial charge is 0.495 e. The zero-order chi connectivity index (χ0) is 24.7. The number of para-hydroxylation sites is 1. The Morgan fingerprint density at radius 2 is 1.82 bits per heavy atom. The molecule has 0 heterocycles. The second-order valence-corrected chi connectivity index (χ2v) is 7.67. The number of carbonyl (C=O) groups is 2. The Bertz CT molecular complexity index is 1210. The van der Waals surface area contributed by atoms with Gasteiger partial charge in [0.1, 0.15) is 18.1 Å². The lowest BCUT2D eigenvalue weighted by Crippen LogP contribution is -2.17. The highest BCUT2D eigenvalue weighted by Gasteiger charge is 2.15. The fourth-order valence-electron chi connectivity index (χ4n) is 3.24. The molecular formula is C24H24ClN5O4. The van der Waals surface area contributed by atoms with Crippen molar-refractivity contribution in [1.29, 1.82) is 5.41 Å². The minimum atomic E-state index is -1.00. The van der Waals surface area contributed by atoms with Crippen molar-refractivity contribution in [3.63, 3.8) is 0 Å². The Kier molecular flexibility index (Phi) is 7.94. The Labute approximate surface area is 201 Å². The molecule has 0 fully saturated rings. The second-order valence-electron chi connectivity index (χ2n) is 7.23. The number of hydrogen-bond acceptors (Lipinski definition) is 6. The number of carboxylic acid groups (broad SMARTS) is 1. The summed E-state index contributed by atoms with van der Waals surface area (Å²) < 4.78 is 5.35. The molecule has 176 valence electrons. The van der Waals surface area contributed by atoms with E-state index in [9.17, 15) is 9.59 Å². The topological polar surface area (TPSA) is 150 Å². The van der Waals surface area contributed by atoms with Gasteiger partial charge in [0.05, 0.1) is 18.4 Å². The van der Waals surface area contributed by atoms with Gasteiger partial charge in [0.15, 0.2) is 0 Å². The van der Waals surface area contributed by atoms with Crippen molar-refractivity contribution < 1.29 is 19.4 Å².